The van der Waals surface area contributed by atoms with Crippen LogP contribution in [0.15, 0.2) is 24.4 Å². The molecule has 2 aromatic rings. The highest BCUT2D eigenvalue weighted by Gasteiger charge is 2.29. The maximum atomic E-state index is 4.84. The van der Waals surface area contributed by atoms with Crippen molar-refractivity contribution in [1.29, 1.82) is 0 Å². The van der Waals surface area contributed by atoms with Gasteiger partial charge >= 0.3 is 0 Å². The van der Waals surface area contributed by atoms with Gasteiger partial charge in [0.15, 0.2) is 0 Å². The Morgan fingerprint density at radius 2 is 2.15 bits per heavy atom. The molecule has 0 unspecified atom stereocenters. The first-order valence-electron chi connectivity index (χ1n) is 7.41. The molecule has 3 heterocycles. The fraction of sp³-hybridized carbons (Fsp3) is 0.438. The zero-order chi connectivity index (χ0) is 13.5. The van der Waals surface area contributed by atoms with Gasteiger partial charge in [-0.3, -0.25) is 4.98 Å². The molecule has 0 aromatic carbocycles. The molecule has 4 heteroatoms. The van der Waals surface area contributed by atoms with Crippen LogP contribution in [0.25, 0.3) is 11.4 Å². The fourth-order valence-corrected chi connectivity index (χ4v) is 3.08. The van der Waals surface area contributed by atoms with Gasteiger partial charge in [0.1, 0.15) is 0 Å². The highest BCUT2D eigenvalue weighted by Crippen LogP contribution is 2.32. The van der Waals surface area contributed by atoms with Crippen LogP contribution < -0.4 is 4.90 Å². The van der Waals surface area contributed by atoms with E-state index in [0.29, 0.717) is 6.04 Å². The van der Waals surface area contributed by atoms with Gasteiger partial charge in [0, 0.05) is 30.0 Å². The summed E-state index contributed by atoms with van der Waals surface area (Å²) in [5.74, 6) is 0.894. The minimum Gasteiger partial charge on any atom is -0.338 e. The number of aromatic nitrogens is 3. The van der Waals surface area contributed by atoms with Crippen LogP contribution in [0.2, 0.25) is 0 Å². The molecule has 2 aliphatic rings. The van der Waals surface area contributed by atoms with Crippen molar-refractivity contribution in [1.82, 2.24) is 15.0 Å². The number of pyridine rings is 1. The minimum absolute atomic E-state index is 0.561. The van der Waals surface area contributed by atoms with Crippen molar-refractivity contribution in [3.8, 4) is 11.4 Å². The third kappa shape index (κ3) is 1.79. The lowest BCUT2D eigenvalue weighted by Gasteiger charge is -2.39. The van der Waals surface area contributed by atoms with Crippen molar-refractivity contribution in [2.24, 2.45) is 0 Å². The Morgan fingerprint density at radius 3 is 2.85 bits per heavy atom. The molecule has 1 aliphatic heterocycles. The van der Waals surface area contributed by atoms with Crippen LogP contribution in [0.5, 0.6) is 0 Å². The predicted molar refractivity (Wildman–Crippen MR) is 78.7 cm³/mol. The van der Waals surface area contributed by atoms with Gasteiger partial charge in [-0.05, 0) is 44.7 Å². The summed E-state index contributed by atoms with van der Waals surface area (Å²) in [6.07, 6.45) is 6.41. The summed E-state index contributed by atoms with van der Waals surface area (Å²) >= 11 is 0. The summed E-state index contributed by atoms with van der Waals surface area (Å²) < 4.78 is 0. The zero-order valence-electron chi connectivity index (χ0n) is 11.7. The fourth-order valence-electron chi connectivity index (χ4n) is 3.08. The van der Waals surface area contributed by atoms with Gasteiger partial charge in [0.25, 0.3) is 0 Å². The smallest absolute Gasteiger partial charge is 0.226 e. The van der Waals surface area contributed by atoms with Crippen molar-refractivity contribution in [3.05, 3.63) is 35.7 Å². The van der Waals surface area contributed by atoms with E-state index in [9.17, 15) is 0 Å². The molecule has 1 saturated heterocycles. The van der Waals surface area contributed by atoms with Gasteiger partial charge in [0.2, 0.25) is 5.95 Å². The number of anilines is 1. The molecule has 102 valence electrons. The molecule has 0 amide bonds. The molecular formula is C16H18N4. The number of hydrogen-bond donors (Lipinski definition) is 0. The molecule has 0 N–H and O–H groups in total. The molecule has 0 saturated carbocycles. The lowest BCUT2D eigenvalue weighted by Crippen LogP contribution is -2.46. The van der Waals surface area contributed by atoms with Crippen molar-refractivity contribution < 1.29 is 0 Å². The quantitative estimate of drug-likeness (QED) is 0.838. The van der Waals surface area contributed by atoms with Gasteiger partial charge in [-0.2, -0.15) is 0 Å². The van der Waals surface area contributed by atoms with E-state index in [-0.39, 0.29) is 0 Å². The lowest BCUT2D eigenvalue weighted by molar-refractivity contribution is 0.470. The molecular weight excluding hydrogens is 248 g/mol. The molecule has 4 nitrogen and oxygen atoms in total. The van der Waals surface area contributed by atoms with Crippen LogP contribution in [-0.2, 0) is 12.8 Å². The van der Waals surface area contributed by atoms with E-state index in [4.69, 9.17) is 9.97 Å². The number of fused-ring (bicyclic) bond motifs is 1. The van der Waals surface area contributed by atoms with Gasteiger partial charge < -0.3 is 4.90 Å². The first-order chi connectivity index (χ1) is 9.83. The van der Waals surface area contributed by atoms with E-state index in [1.165, 1.54) is 24.1 Å². The van der Waals surface area contributed by atoms with E-state index in [0.717, 1.165) is 36.7 Å². The van der Waals surface area contributed by atoms with Gasteiger partial charge in [-0.25, -0.2) is 9.97 Å². The monoisotopic (exact) mass is 266 g/mol. The predicted octanol–water partition coefficient (Wildman–Crippen LogP) is 2.63. The summed E-state index contributed by atoms with van der Waals surface area (Å²) in [4.78, 5) is 16.4. The lowest BCUT2D eigenvalue weighted by atomic mass is 10.1. The largest absolute Gasteiger partial charge is 0.338 e. The topological polar surface area (TPSA) is 41.9 Å². The van der Waals surface area contributed by atoms with Crippen LogP contribution in [-0.4, -0.2) is 27.5 Å². The summed E-state index contributed by atoms with van der Waals surface area (Å²) in [5, 5.41) is 0. The van der Waals surface area contributed by atoms with Crippen LogP contribution in [0.1, 0.15) is 31.0 Å². The summed E-state index contributed by atoms with van der Waals surface area (Å²) in [7, 11) is 0. The van der Waals surface area contributed by atoms with Crippen LogP contribution in [0.4, 0.5) is 5.95 Å². The van der Waals surface area contributed by atoms with Gasteiger partial charge in [-0.1, -0.05) is 6.07 Å². The van der Waals surface area contributed by atoms with Gasteiger partial charge in [0.05, 0.1) is 11.4 Å². The number of nitrogens with zero attached hydrogens (tertiary/aromatic N) is 4. The van der Waals surface area contributed by atoms with Crippen molar-refractivity contribution in [2.45, 2.75) is 38.6 Å². The van der Waals surface area contributed by atoms with E-state index in [1.54, 1.807) is 0 Å². The highest BCUT2D eigenvalue weighted by molar-refractivity contribution is 5.63. The summed E-state index contributed by atoms with van der Waals surface area (Å²) in [5.41, 5.74) is 4.56. The number of aryl methyl sites for hydroxylation is 1. The minimum atomic E-state index is 0.561. The molecule has 1 fully saturated rings. The van der Waals surface area contributed by atoms with Crippen LogP contribution in [0, 0.1) is 0 Å². The molecule has 0 bridgehead atoms. The third-order valence-electron chi connectivity index (χ3n) is 4.41. The molecule has 0 radical (unpaired) electrons. The first-order valence-corrected chi connectivity index (χ1v) is 7.41. The second kappa shape index (κ2) is 4.54. The van der Waals surface area contributed by atoms with E-state index in [2.05, 4.69) is 16.8 Å². The van der Waals surface area contributed by atoms with Crippen LogP contribution >= 0.6 is 0 Å². The Morgan fingerprint density at radius 1 is 1.20 bits per heavy atom. The van der Waals surface area contributed by atoms with E-state index in [1.807, 2.05) is 24.4 Å². The highest BCUT2D eigenvalue weighted by atomic mass is 15.3. The molecule has 2 aromatic heterocycles. The second-order valence-corrected chi connectivity index (χ2v) is 5.70. The Kier molecular flexibility index (Phi) is 2.69. The zero-order valence-corrected chi connectivity index (χ0v) is 11.7. The Balaban J connectivity index is 1.85. The van der Waals surface area contributed by atoms with Crippen molar-refractivity contribution >= 4 is 5.95 Å². The van der Waals surface area contributed by atoms with Crippen LogP contribution in [0.3, 0.4) is 0 Å². The average molecular weight is 266 g/mol. The number of rotatable bonds is 2. The molecule has 0 spiro atoms. The standard InChI is InChI=1S/C16H18N4/c1-11-8-10-20(11)16-18-13-7-4-5-12(13)15(19-16)14-6-2-3-9-17-14/h2-3,6,9,11H,4-5,7-8,10H2,1H3/t11-/m0/s1. The Hall–Kier alpha value is -1.97. The van der Waals surface area contributed by atoms with E-state index < -0.39 is 0 Å². The molecule has 4 rings (SSSR count). The maximum absolute atomic E-state index is 4.84. The molecule has 20 heavy (non-hydrogen) atoms. The Labute approximate surface area is 118 Å². The van der Waals surface area contributed by atoms with Crippen molar-refractivity contribution in [3.63, 3.8) is 0 Å². The summed E-state index contributed by atoms with van der Waals surface area (Å²) in [6.45, 7) is 3.31. The van der Waals surface area contributed by atoms with E-state index >= 15 is 0 Å². The summed E-state index contributed by atoms with van der Waals surface area (Å²) in [6, 6.07) is 6.58. The SMILES string of the molecule is C[C@H]1CCN1c1nc2c(c(-c3ccccn3)n1)CCC2. The van der Waals surface area contributed by atoms with Gasteiger partial charge in [-0.15, -0.1) is 0 Å². The second-order valence-electron chi connectivity index (χ2n) is 5.70. The first kappa shape index (κ1) is 11.8. The molecule has 1 atom stereocenters. The Bertz CT molecular complexity index is 638. The number of hydrogen-bond acceptors (Lipinski definition) is 4. The maximum Gasteiger partial charge on any atom is 0.226 e. The average Bonchev–Trinajstić information content (AvgIpc) is 2.94. The normalized spacial score (nSPS) is 20.6. The molecule has 1 aliphatic carbocycles. The van der Waals surface area contributed by atoms with Crippen molar-refractivity contribution in [2.75, 3.05) is 11.4 Å². The third-order valence-corrected chi connectivity index (χ3v) is 4.41.